The Morgan fingerprint density at radius 2 is 0.889 bits per heavy atom. The van der Waals surface area contributed by atoms with Crippen LogP contribution in [0.25, 0.3) is 0 Å². The SMILES string of the molecule is CS[C@@H]1O[C@H](COC(=O)c2ccccc2)[C@@H](OC(=O)c2ccccc2)[C@H](OC(=O)c2ccccc2)[C@H]1OC(=O)c1ccccc1. The molecule has 0 aromatic heterocycles. The molecule has 0 bridgehead atoms. The fraction of sp³-hybridized carbons (Fsp3) is 0.200. The predicted molar refractivity (Wildman–Crippen MR) is 166 cm³/mol. The van der Waals surface area contributed by atoms with Crippen molar-refractivity contribution in [3.8, 4) is 0 Å². The van der Waals surface area contributed by atoms with Crippen molar-refractivity contribution in [3.05, 3.63) is 144 Å². The summed E-state index contributed by atoms with van der Waals surface area (Å²) >= 11 is 1.20. The van der Waals surface area contributed by atoms with Gasteiger partial charge in [0.05, 0.1) is 22.3 Å². The second-order valence-corrected chi connectivity index (χ2v) is 10.9. The van der Waals surface area contributed by atoms with Crippen LogP contribution in [0.15, 0.2) is 121 Å². The van der Waals surface area contributed by atoms with Gasteiger partial charge in [0.2, 0.25) is 0 Å². The monoisotopic (exact) mass is 626 g/mol. The smallest absolute Gasteiger partial charge is 0.338 e. The number of thioether (sulfide) groups is 1. The molecule has 0 unspecified atom stereocenters. The largest absolute Gasteiger partial charge is 0.459 e. The van der Waals surface area contributed by atoms with Crippen molar-refractivity contribution in [1.82, 2.24) is 0 Å². The predicted octanol–water partition coefficient (Wildman–Crippen LogP) is 5.61. The quantitative estimate of drug-likeness (QED) is 0.163. The summed E-state index contributed by atoms with van der Waals surface area (Å²) in [5.74, 6) is -2.78. The molecule has 9 nitrogen and oxygen atoms in total. The van der Waals surface area contributed by atoms with E-state index in [1.165, 1.54) is 11.8 Å². The first-order valence-corrected chi connectivity index (χ1v) is 15.4. The van der Waals surface area contributed by atoms with Gasteiger partial charge in [-0.2, -0.15) is 0 Å². The van der Waals surface area contributed by atoms with Crippen molar-refractivity contribution in [2.75, 3.05) is 12.9 Å². The summed E-state index contributed by atoms with van der Waals surface area (Å²) in [5, 5.41) is 0. The Hall–Kier alpha value is -4.93. The molecule has 0 amide bonds. The van der Waals surface area contributed by atoms with Crippen LogP contribution in [0.2, 0.25) is 0 Å². The molecular weight excluding hydrogens is 596 g/mol. The maximum Gasteiger partial charge on any atom is 0.338 e. The number of hydrogen-bond acceptors (Lipinski definition) is 10. The number of ether oxygens (including phenoxy) is 5. The first kappa shape index (κ1) is 31.5. The number of benzene rings is 4. The summed E-state index contributed by atoms with van der Waals surface area (Å²) in [6.45, 7) is -0.351. The lowest BCUT2D eigenvalue weighted by Gasteiger charge is -2.44. The molecule has 0 radical (unpaired) electrons. The maximum absolute atomic E-state index is 13.4. The van der Waals surface area contributed by atoms with Crippen molar-refractivity contribution in [3.63, 3.8) is 0 Å². The van der Waals surface area contributed by atoms with Gasteiger partial charge in [-0.25, -0.2) is 19.2 Å². The lowest BCUT2D eigenvalue weighted by molar-refractivity contribution is -0.207. The normalized spacial score (nSPS) is 20.8. The summed E-state index contributed by atoms with van der Waals surface area (Å²) in [4.78, 5) is 52.9. The van der Waals surface area contributed by atoms with Crippen molar-refractivity contribution >= 4 is 35.6 Å². The number of carbonyl (C=O) groups excluding carboxylic acids is 4. The van der Waals surface area contributed by atoms with Gasteiger partial charge in [0.25, 0.3) is 0 Å². The van der Waals surface area contributed by atoms with Crippen LogP contribution in [0.5, 0.6) is 0 Å². The fourth-order valence-electron chi connectivity index (χ4n) is 4.72. The molecule has 45 heavy (non-hydrogen) atoms. The van der Waals surface area contributed by atoms with E-state index in [9.17, 15) is 19.2 Å². The molecule has 5 atom stereocenters. The Bertz CT molecular complexity index is 1580. The topological polar surface area (TPSA) is 114 Å². The van der Waals surface area contributed by atoms with E-state index >= 15 is 0 Å². The van der Waals surface area contributed by atoms with Crippen LogP contribution in [0.3, 0.4) is 0 Å². The third-order valence-electron chi connectivity index (χ3n) is 6.97. The molecule has 1 fully saturated rings. The number of carbonyl (C=O) groups is 4. The van der Waals surface area contributed by atoms with Crippen LogP contribution in [0.4, 0.5) is 0 Å². The van der Waals surface area contributed by atoms with Gasteiger partial charge in [0.15, 0.2) is 18.3 Å². The van der Waals surface area contributed by atoms with Crippen LogP contribution < -0.4 is 0 Å². The minimum Gasteiger partial charge on any atom is -0.459 e. The average molecular weight is 627 g/mol. The van der Waals surface area contributed by atoms with Crippen molar-refractivity contribution in [1.29, 1.82) is 0 Å². The van der Waals surface area contributed by atoms with E-state index in [1.807, 2.05) is 0 Å². The molecule has 0 N–H and O–H groups in total. The van der Waals surface area contributed by atoms with E-state index in [4.69, 9.17) is 23.7 Å². The van der Waals surface area contributed by atoms with E-state index in [-0.39, 0.29) is 23.3 Å². The molecule has 230 valence electrons. The van der Waals surface area contributed by atoms with Crippen LogP contribution in [-0.4, -0.2) is 66.6 Å². The highest BCUT2D eigenvalue weighted by Crippen LogP contribution is 2.34. The summed E-state index contributed by atoms with van der Waals surface area (Å²) in [6, 6.07) is 33.2. The molecule has 0 aliphatic carbocycles. The maximum atomic E-state index is 13.4. The van der Waals surface area contributed by atoms with Crippen LogP contribution in [0.1, 0.15) is 41.4 Å². The van der Waals surface area contributed by atoms with Crippen molar-refractivity contribution < 1.29 is 42.9 Å². The van der Waals surface area contributed by atoms with Gasteiger partial charge in [-0.05, 0) is 54.8 Å². The molecule has 0 spiro atoms. The minimum absolute atomic E-state index is 0.232. The van der Waals surface area contributed by atoms with Gasteiger partial charge >= 0.3 is 23.9 Å². The molecule has 1 aliphatic heterocycles. The van der Waals surface area contributed by atoms with E-state index < -0.39 is 53.7 Å². The summed E-state index contributed by atoms with van der Waals surface area (Å²) < 4.78 is 29.8. The van der Waals surface area contributed by atoms with E-state index in [1.54, 1.807) is 128 Å². The highest BCUT2D eigenvalue weighted by Gasteiger charge is 2.53. The average Bonchev–Trinajstić information content (AvgIpc) is 3.10. The summed E-state index contributed by atoms with van der Waals surface area (Å²) in [7, 11) is 0. The van der Waals surface area contributed by atoms with E-state index in [0.29, 0.717) is 5.56 Å². The van der Waals surface area contributed by atoms with Crippen molar-refractivity contribution in [2.24, 2.45) is 0 Å². The Balaban J connectivity index is 1.50. The molecule has 5 rings (SSSR count). The van der Waals surface area contributed by atoms with Crippen molar-refractivity contribution in [2.45, 2.75) is 29.9 Å². The third kappa shape index (κ3) is 7.97. The van der Waals surface area contributed by atoms with Gasteiger partial charge in [0, 0.05) is 0 Å². The summed E-state index contributed by atoms with van der Waals surface area (Å²) in [5.41, 5.74) is 0.156. The third-order valence-corrected chi connectivity index (χ3v) is 7.81. The molecule has 1 aliphatic rings. The zero-order chi connectivity index (χ0) is 31.6. The molecular formula is C35H30O9S. The molecule has 1 saturated heterocycles. The second-order valence-electron chi connectivity index (χ2n) is 9.95. The van der Waals surface area contributed by atoms with E-state index in [0.717, 1.165) is 0 Å². The second kappa shape index (κ2) is 15.2. The molecule has 1 heterocycles. The Labute approximate surface area is 264 Å². The Morgan fingerprint density at radius 3 is 1.29 bits per heavy atom. The lowest BCUT2D eigenvalue weighted by Crippen LogP contribution is -2.61. The van der Waals surface area contributed by atoms with Gasteiger partial charge in [-0.3, -0.25) is 0 Å². The zero-order valence-corrected chi connectivity index (χ0v) is 25.0. The van der Waals surface area contributed by atoms with Gasteiger partial charge < -0.3 is 23.7 Å². The minimum atomic E-state index is -1.34. The number of esters is 4. The molecule has 4 aromatic carbocycles. The van der Waals surface area contributed by atoms with Crippen LogP contribution in [-0.2, 0) is 23.7 Å². The number of rotatable bonds is 10. The van der Waals surface area contributed by atoms with Gasteiger partial charge in [-0.1, -0.05) is 72.8 Å². The van der Waals surface area contributed by atoms with Crippen LogP contribution >= 0.6 is 11.8 Å². The molecule has 4 aromatic rings. The number of hydrogen-bond donors (Lipinski definition) is 0. The van der Waals surface area contributed by atoms with Gasteiger partial charge in [0.1, 0.15) is 18.1 Å². The standard InChI is InChI=1S/C35H30O9S/c1-45-35-30(44-34(39)26-20-12-5-13-21-26)29(43-33(38)25-18-10-4-11-19-25)28(42-32(37)24-16-8-3-9-17-24)27(41-35)22-40-31(36)23-14-6-2-7-15-23/h2-21,27-30,35H,22H2,1H3/t27-,28-,29+,30-,35+/m1/s1. The zero-order valence-electron chi connectivity index (χ0n) is 24.2. The highest BCUT2D eigenvalue weighted by atomic mass is 32.2. The lowest BCUT2D eigenvalue weighted by atomic mass is 9.98. The van der Waals surface area contributed by atoms with E-state index in [2.05, 4.69) is 0 Å². The first-order chi connectivity index (χ1) is 21.9. The highest BCUT2D eigenvalue weighted by molar-refractivity contribution is 7.99. The first-order valence-electron chi connectivity index (χ1n) is 14.1. The molecule has 0 saturated carbocycles. The van der Waals surface area contributed by atoms with Gasteiger partial charge in [-0.15, -0.1) is 11.8 Å². The fourth-order valence-corrected chi connectivity index (χ4v) is 5.45. The van der Waals surface area contributed by atoms with Crippen LogP contribution in [0, 0.1) is 0 Å². The Kier molecular flexibility index (Phi) is 10.6. The Morgan fingerprint density at radius 1 is 0.533 bits per heavy atom. The summed E-state index contributed by atoms with van der Waals surface area (Å²) in [6.07, 6.45) is -3.26. The molecule has 10 heteroatoms.